The number of rotatable bonds is 23. The zero-order valence-corrected chi connectivity index (χ0v) is 31.7. The molecule has 1 heterocycles. The van der Waals surface area contributed by atoms with E-state index in [4.69, 9.17) is 14.2 Å². The van der Waals surface area contributed by atoms with Crippen LogP contribution in [0.15, 0.2) is 54.0 Å². The van der Waals surface area contributed by atoms with E-state index in [2.05, 4.69) is 20.9 Å². The molecule has 3 aromatic rings. The number of nitrogens with zero attached hydrogens (tertiary/aromatic N) is 1. The van der Waals surface area contributed by atoms with Gasteiger partial charge in [-0.2, -0.15) is 0 Å². The van der Waals surface area contributed by atoms with Crippen molar-refractivity contribution in [1.82, 2.24) is 20.9 Å². The number of aromatic nitrogens is 1. The summed E-state index contributed by atoms with van der Waals surface area (Å²) in [6.45, 7) is 14.5. The summed E-state index contributed by atoms with van der Waals surface area (Å²) in [5.41, 5.74) is 4.15. The maximum absolute atomic E-state index is 13.8. The molecule has 0 aliphatic heterocycles. The number of ether oxygens (including phenoxy) is 3. The van der Waals surface area contributed by atoms with E-state index in [1.54, 1.807) is 13.3 Å². The van der Waals surface area contributed by atoms with Crippen LogP contribution < -0.4 is 20.7 Å². The number of thiazole rings is 1. The molecule has 0 unspecified atom stereocenters. The van der Waals surface area contributed by atoms with Crippen LogP contribution in [0, 0.1) is 31.6 Å². The molecule has 276 valence electrons. The van der Waals surface area contributed by atoms with Gasteiger partial charge in [0.1, 0.15) is 16.8 Å². The summed E-state index contributed by atoms with van der Waals surface area (Å²) in [7, 11) is 1.68. The fraction of sp³-hybridized carbons (Fsp3) is 0.564. The van der Waals surface area contributed by atoms with E-state index in [0.717, 1.165) is 45.9 Å². The molecule has 0 saturated carbocycles. The lowest BCUT2D eigenvalue weighted by Crippen LogP contribution is -2.53. The Labute approximate surface area is 302 Å². The zero-order chi connectivity index (χ0) is 36.5. The van der Waals surface area contributed by atoms with Crippen LogP contribution in [0.1, 0.15) is 74.2 Å². The lowest BCUT2D eigenvalue weighted by molar-refractivity contribution is -0.134. The predicted octanol–water partition coefficient (Wildman–Crippen LogP) is 5.72. The van der Waals surface area contributed by atoms with Crippen molar-refractivity contribution in [3.63, 3.8) is 0 Å². The van der Waals surface area contributed by atoms with E-state index in [1.165, 1.54) is 11.3 Å². The van der Waals surface area contributed by atoms with Gasteiger partial charge < -0.3 is 35.3 Å². The third-order valence-electron chi connectivity index (χ3n) is 9.05. The van der Waals surface area contributed by atoms with Gasteiger partial charge in [0.25, 0.3) is 0 Å². The minimum Gasteiger partial charge on any atom is -0.493 e. The van der Waals surface area contributed by atoms with E-state index in [-0.39, 0.29) is 36.7 Å². The molecule has 50 heavy (non-hydrogen) atoms. The molecule has 1 aromatic heterocycles. The Morgan fingerprint density at radius 1 is 0.980 bits per heavy atom. The summed E-state index contributed by atoms with van der Waals surface area (Å²) < 4.78 is 17.2. The molecule has 0 bridgehead atoms. The van der Waals surface area contributed by atoms with E-state index < -0.39 is 24.1 Å². The van der Waals surface area contributed by atoms with Gasteiger partial charge in [-0.05, 0) is 54.9 Å². The van der Waals surface area contributed by atoms with Gasteiger partial charge in [-0.3, -0.25) is 9.59 Å². The number of amides is 2. The van der Waals surface area contributed by atoms with Gasteiger partial charge in [0.15, 0.2) is 0 Å². The number of benzene rings is 2. The lowest BCUT2D eigenvalue weighted by Gasteiger charge is -2.31. The predicted molar refractivity (Wildman–Crippen MR) is 199 cm³/mol. The average Bonchev–Trinajstić information content (AvgIpc) is 3.63. The maximum atomic E-state index is 13.8. The van der Waals surface area contributed by atoms with Crippen LogP contribution >= 0.6 is 11.3 Å². The highest BCUT2D eigenvalue weighted by molar-refractivity contribution is 7.09. The Morgan fingerprint density at radius 2 is 1.72 bits per heavy atom. The van der Waals surface area contributed by atoms with Crippen LogP contribution in [0.5, 0.6) is 5.75 Å². The number of carbonyl (C=O) groups excluding carboxylic acids is 2. The van der Waals surface area contributed by atoms with Gasteiger partial charge >= 0.3 is 0 Å². The number of aliphatic hydroxyl groups is 1. The van der Waals surface area contributed by atoms with Gasteiger partial charge in [-0.1, -0.05) is 76.1 Å². The van der Waals surface area contributed by atoms with Crippen LogP contribution in [-0.2, 0) is 38.8 Å². The average molecular weight is 711 g/mol. The fourth-order valence-electron chi connectivity index (χ4n) is 5.52. The molecule has 3 rings (SSSR count). The fourth-order valence-corrected chi connectivity index (χ4v) is 6.08. The number of carbonyl (C=O) groups is 2. The summed E-state index contributed by atoms with van der Waals surface area (Å²) in [6, 6.07) is 12.9. The first-order valence-electron chi connectivity index (χ1n) is 17.7. The Balaban J connectivity index is 1.66. The van der Waals surface area contributed by atoms with Gasteiger partial charge in [0, 0.05) is 50.7 Å². The first kappa shape index (κ1) is 41.1. The minimum atomic E-state index is -0.900. The molecule has 0 spiro atoms. The molecular formula is C39H58N4O6S. The van der Waals surface area contributed by atoms with Crippen LogP contribution in [0.3, 0.4) is 0 Å². The van der Waals surface area contributed by atoms with Gasteiger partial charge in [-0.15, -0.1) is 11.3 Å². The lowest BCUT2D eigenvalue weighted by atomic mass is 9.86. The molecule has 5 atom stereocenters. The second-order valence-electron chi connectivity index (χ2n) is 13.5. The Kier molecular flexibility index (Phi) is 17.9. The van der Waals surface area contributed by atoms with Crippen molar-refractivity contribution in [2.75, 3.05) is 26.9 Å². The quantitative estimate of drug-likeness (QED) is 0.0920. The van der Waals surface area contributed by atoms with Crippen LogP contribution in [0.25, 0.3) is 0 Å². The zero-order valence-electron chi connectivity index (χ0n) is 30.9. The number of hydrogen-bond acceptors (Lipinski definition) is 9. The number of methoxy groups -OCH3 is 1. The van der Waals surface area contributed by atoms with Gasteiger partial charge in [-0.25, -0.2) is 4.98 Å². The second-order valence-corrected chi connectivity index (χ2v) is 14.4. The number of aryl methyl sites for hydroxylation is 2. The normalized spacial score (nSPS) is 14.5. The molecule has 4 N–H and O–H groups in total. The molecule has 0 aliphatic rings. The molecule has 0 radical (unpaired) electrons. The number of aliphatic hydroxyl groups excluding tert-OH is 1. The second kappa shape index (κ2) is 21.8. The Hall–Kier alpha value is -3.35. The molecule has 0 saturated heterocycles. The smallest absolute Gasteiger partial charge is 0.243 e. The van der Waals surface area contributed by atoms with Crippen LogP contribution in [-0.4, -0.2) is 67.0 Å². The first-order chi connectivity index (χ1) is 24.0. The van der Waals surface area contributed by atoms with Crippen molar-refractivity contribution in [2.45, 2.75) is 98.7 Å². The number of hydrogen-bond donors (Lipinski definition) is 4. The summed E-state index contributed by atoms with van der Waals surface area (Å²) in [5, 5.41) is 23.9. The van der Waals surface area contributed by atoms with Crippen molar-refractivity contribution in [3.05, 3.63) is 81.3 Å². The van der Waals surface area contributed by atoms with E-state index in [9.17, 15) is 14.7 Å². The third kappa shape index (κ3) is 13.8. The Morgan fingerprint density at radius 3 is 2.38 bits per heavy atom. The summed E-state index contributed by atoms with van der Waals surface area (Å²) in [6.07, 6.45) is 2.57. The van der Waals surface area contributed by atoms with E-state index in [1.807, 2.05) is 89.4 Å². The number of nitrogens with one attached hydrogen (secondary N) is 3. The molecular weight excluding hydrogens is 653 g/mol. The van der Waals surface area contributed by atoms with Gasteiger partial charge in [0.05, 0.1) is 32.0 Å². The Bertz CT molecular complexity index is 1420. The largest absolute Gasteiger partial charge is 0.493 e. The van der Waals surface area contributed by atoms with Crippen LogP contribution in [0.2, 0.25) is 0 Å². The van der Waals surface area contributed by atoms with Gasteiger partial charge in [0.2, 0.25) is 11.8 Å². The summed E-state index contributed by atoms with van der Waals surface area (Å²) in [4.78, 5) is 31.6. The topological polar surface area (TPSA) is 131 Å². The minimum absolute atomic E-state index is 0.0751. The highest BCUT2D eigenvalue weighted by atomic mass is 32.1. The summed E-state index contributed by atoms with van der Waals surface area (Å²) in [5.74, 6) is -0.326. The van der Waals surface area contributed by atoms with Crippen molar-refractivity contribution >= 4 is 23.2 Å². The molecule has 0 fully saturated rings. The highest BCUT2D eigenvalue weighted by Gasteiger charge is 2.33. The highest BCUT2D eigenvalue weighted by Crippen LogP contribution is 2.23. The molecule has 2 amide bonds. The molecule has 10 nitrogen and oxygen atoms in total. The maximum Gasteiger partial charge on any atom is 0.243 e. The van der Waals surface area contributed by atoms with E-state index in [0.29, 0.717) is 32.9 Å². The van der Waals surface area contributed by atoms with Crippen molar-refractivity contribution in [3.8, 4) is 5.75 Å². The molecule has 0 aliphatic carbocycles. The SMILES string of the molecule is CC[C@H](C)[C@H](NC(=O)[C@@H](C[C@H](O)[C@H](COCc1ccc(C)c(OCCCOC)c1)NCc1nccs1)C(C)C)C(=O)NCc1ccc(C)cc1. The van der Waals surface area contributed by atoms with Crippen LogP contribution in [0.4, 0.5) is 0 Å². The van der Waals surface area contributed by atoms with Crippen molar-refractivity contribution in [1.29, 1.82) is 0 Å². The first-order valence-corrected chi connectivity index (χ1v) is 18.6. The summed E-state index contributed by atoms with van der Waals surface area (Å²) >= 11 is 1.53. The van der Waals surface area contributed by atoms with Crippen molar-refractivity contribution < 1.29 is 28.9 Å². The van der Waals surface area contributed by atoms with E-state index >= 15 is 0 Å². The monoisotopic (exact) mass is 710 g/mol. The molecule has 2 aromatic carbocycles. The van der Waals surface area contributed by atoms with Crippen molar-refractivity contribution in [2.24, 2.45) is 17.8 Å². The molecule has 11 heteroatoms. The third-order valence-corrected chi connectivity index (χ3v) is 9.83. The standard InChI is InChI=1S/C39H58N4O6S/c1-8-28(5)37(39(46)42-22-30-13-10-27(4)11-14-30)43-38(45)32(26(2)3)21-34(44)33(41-23-36-40-16-19-50-36)25-48-24-31-15-12-29(6)35(20-31)49-18-9-17-47-7/h10-16,19-20,26,28,32-34,37,41,44H,8-9,17-18,21-25H2,1-7H3,(H,42,46)(H,43,45)/t28-,32-,33-,34-,37-/m0/s1.